The first kappa shape index (κ1) is 11.4. The van der Waals surface area contributed by atoms with Gasteiger partial charge in [0.25, 0.3) is 0 Å². The van der Waals surface area contributed by atoms with E-state index in [2.05, 4.69) is 0 Å². The lowest BCUT2D eigenvalue weighted by Gasteiger charge is -2.32. The summed E-state index contributed by atoms with van der Waals surface area (Å²) >= 11 is 0. The van der Waals surface area contributed by atoms with E-state index in [0.717, 1.165) is 11.3 Å². The summed E-state index contributed by atoms with van der Waals surface area (Å²) in [5.41, 5.74) is 7.97. The molecule has 2 amide bonds. The van der Waals surface area contributed by atoms with Gasteiger partial charge < -0.3 is 15.5 Å². The van der Waals surface area contributed by atoms with Crippen molar-refractivity contribution >= 4 is 23.2 Å². The second-order valence-electron chi connectivity index (χ2n) is 4.28. The van der Waals surface area contributed by atoms with Crippen LogP contribution in [0.2, 0.25) is 0 Å². The number of nitrogens with two attached hydrogens (primary N) is 1. The molecule has 1 aromatic rings. The van der Waals surface area contributed by atoms with Crippen molar-refractivity contribution < 1.29 is 9.59 Å². The van der Waals surface area contributed by atoms with E-state index in [1.807, 2.05) is 6.92 Å². The summed E-state index contributed by atoms with van der Waals surface area (Å²) in [5.74, 6) is -0.124. The predicted octanol–water partition coefficient (Wildman–Crippen LogP) is 0.382. The number of aryl methyl sites for hydroxylation is 1. The van der Waals surface area contributed by atoms with Crippen LogP contribution in [0.4, 0.5) is 11.4 Å². The van der Waals surface area contributed by atoms with Crippen molar-refractivity contribution in [1.29, 1.82) is 0 Å². The van der Waals surface area contributed by atoms with Gasteiger partial charge in [-0.3, -0.25) is 9.59 Å². The van der Waals surface area contributed by atoms with Gasteiger partial charge in [-0.05, 0) is 30.7 Å². The highest BCUT2D eigenvalue weighted by Gasteiger charge is 2.29. The fraction of sp³-hybridized carbons (Fsp3) is 0.333. The minimum atomic E-state index is -0.0695. The molecule has 2 N–H and O–H groups in total. The SMILES string of the molecule is Cc1cc(N)ccc1N1CC(=O)N(C)CC1=O. The van der Waals surface area contributed by atoms with Gasteiger partial charge in [0.1, 0.15) is 6.54 Å². The van der Waals surface area contributed by atoms with Crippen molar-refractivity contribution in [1.82, 2.24) is 4.90 Å². The number of nitrogen functional groups attached to an aromatic ring is 1. The molecule has 0 radical (unpaired) electrons. The van der Waals surface area contributed by atoms with E-state index in [1.54, 1.807) is 25.2 Å². The first-order valence-electron chi connectivity index (χ1n) is 5.39. The molecule has 0 spiro atoms. The lowest BCUT2D eigenvalue weighted by molar-refractivity contribution is -0.136. The Bertz CT molecular complexity index is 485. The number of anilines is 2. The van der Waals surface area contributed by atoms with Gasteiger partial charge in [0, 0.05) is 18.4 Å². The van der Waals surface area contributed by atoms with Gasteiger partial charge in [-0.25, -0.2) is 0 Å². The number of hydrogen-bond acceptors (Lipinski definition) is 3. The zero-order valence-electron chi connectivity index (χ0n) is 9.93. The van der Waals surface area contributed by atoms with Gasteiger partial charge in [-0.1, -0.05) is 0 Å². The summed E-state index contributed by atoms with van der Waals surface area (Å²) < 4.78 is 0. The maximum Gasteiger partial charge on any atom is 0.247 e. The van der Waals surface area contributed by atoms with E-state index < -0.39 is 0 Å². The fourth-order valence-electron chi connectivity index (χ4n) is 1.92. The number of nitrogens with zero attached hydrogens (tertiary/aromatic N) is 2. The lowest BCUT2D eigenvalue weighted by Crippen LogP contribution is -2.52. The standard InChI is InChI=1S/C12H15N3O2/c1-8-5-9(13)3-4-10(8)15-7-11(16)14(2)6-12(15)17/h3-5H,6-7,13H2,1-2H3. The highest BCUT2D eigenvalue weighted by molar-refractivity contribution is 6.04. The number of amides is 2. The molecule has 0 bridgehead atoms. The van der Waals surface area contributed by atoms with Gasteiger partial charge in [0.2, 0.25) is 11.8 Å². The number of carbonyl (C=O) groups excluding carboxylic acids is 2. The number of likely N-dealkylation sites (N-methyl/N-ethyl adjacent to an activating group) is 1. The van der Waals surface area contributed by atoms with Crippen LogP contribution in [0.25, 0.3) is 0 Å². The highest BCUT2D eigenvalue weighted by atomic mass is 16.2. The molecule has 0 unspecified atom stereocenters. The van der Waals surface area contributed by atoms with Crippen LogP contribution >= 0.6 is 0 Å². The Labute approximate surface area is 99.8 Å². The fourth-order valence-corrected chi connectivity index (χ4v) is 1.92. The molecule has 5 heteroatoms. The van der Waals surface area contributed by atoms with Crippen LogP contribution in [0.5, 0.6) is 0 Å². The third-order valence-corrected chi connectivity index (χ3v) is 2.90. The number of benzene rings is 1. The summed E-state index contributed by atoms with van der Waals surface area (Å²) in [4.78, 5) is 26.4. The summed E-state index contributed by atoms with van der Waals surface area (Å²) in [5, 5.41) is 0. The monoisotopic (exact) mass is 233 g/mol. The molecule has 1 aliphatic rings. The summed E-state index contributed by atoms with van der Waals surface area (Å²) in [6, 6.07) is 5.31. The van der Waals surface area contributed by atoms with E-state index >= 15 is 0 Å². The summed E-state index contributed by atoms with van der Waals surface area (Å²) in [6.07, 6.45) is 0. The first-order valence-corrected chi connectivity index (χ1v) is 5.39. The molecule has 1 aromatic carbocycles. The number of piperazine rings is 1. The van der Waals surface area contributed by atoms with Gasteiger partial charge in [0.15, 0.2) is 0 Å². The van der Waals surface area contributed by atoms with Gasteiger partial charge in [-0.2, -0.15) is 0 Å². The Balaban J connectivity index is 2.33. The molecular weight excluding hydrogens is 218 g/mol. The van der Waals surface area contributed by atoms with E-state index in [1.165, 1.54) is 9.80 Å². The van der Waals surface area contributed by atoms with Gasteiger partial charge in [0.05, 0.1) is 6.54 Å². The average molecular weight is 233 g/mol. The first-order chi connectivity index (χ1) is 7.99. The molecular formula is C12H15N3O2. The van der Waals surface area contributed by atoms with Crippen molar-refractivity contribution in [2.75, 3.05) is 30.8 Å². The second kappa shape index (κ2) is 4.08. The zero-order chi connectivity index (χ0) is 12.6. The molecule has 17 heavy (non-hydrogen) atoms. The smallest absolute Gasteiger partial charge is 0.247 e. The maximum absolute atomic E-state index is 11.9. The largest absolute Gasteiger partial charge is 0.399 e. The van der Waals surface area contributed by atoms with Crippen LogP contribution in [0.15, 0.2) is 18.2 Å². The van der Waals surface area contributed by atoms with Crippen LogP contribution in [-0.2, 0) is 9.59 Å². The third kappa shape index (κ3) is 2.08. The predicted molar refractivity (Wildman–Crippen MR) is 65.6 cm³/mol. The van der Waals surface area contributed by atoms with Crippen LogP contribution in [0, 0.1) is 6.92 Å². The Morgan fingerprint density at radius 3 is 2.53 bits per heavy atom. The van der Waals surface area contributed by atoms with Gasteiger partial charge in [-0.15, -0.1) is 0 Å². The lowest BCUT2D eigenvalue weighted by atomic mass is 10.1. The average Bonchev–Trinajstić information content (AvgIpc) is 2.24. The molecule has 1 fully saturated rings. The van der Waals surface area contributed by atoms with Crippen LogP contribution in [0.3, 0.4) is 0 Å². The molecule has 2 rings (SSSR count). The third-order valence-electron chi connectivity index (χ3n) is 2.90. The van der Waals surface area contributed by atoms with E-state index in [4.69, 9.17) is 5.73 Å². The van der Waals surface area contributed by atoms with E-state index in [-0.39, 0.29) is 24.9 Å². The van der Waals surface area contributed by atoms with E-state index in [0.29, 0.717) is 5.69 Å². The molecule has 1 saturated heterocycles. The molecule has 1 heterocycles. The molecule has 0 atom stereocenters. The molecule has 0 aromatic heterocycles. The molecule has 1 aliphatic heterocycles. The Morgan fingerprint density at radius 1 is 1.18 bits per heavy atom. The quantitative estimate of drug-likeness (QED) is 0.713. The molecule has 90 valence electrons. The second-order valence-corrected chi connectivity index (χ2v) is 4.28. The number of rotatable bonds is 1. The topological polar surface area (TPSA) is 66.6 Å². The van der Waals surface area contributed by atoms with Crippen molar-refractivity contribution in [2.45, 2.75) is 6.92 Å². The van der Waals surface area contributed by atoms with Crippen LogP contribution in [-0.4, -0.2) is 36.9 Å². The van der Waals surface area contributed by atoms with Crippen LogP contribution in [0.1, 0.15) is 5.56 Å². The highest BCUT2D eigenvalue weighted by Crippen LogP contribution is 2.23. The molecule has 5 nitrogen and oxygen atoms in total. The van der Waals surface area contributed by atoms with Crippen molar-refractivity contribution in [3.63, 3.8) is 0 Å². The summed E-state index contributed by atoms with van der Waals surface area (Å²) in [7, 11) is 1.63. The number of hydrogen-bond donors (Lipinski definition) is 1. The molecule has 0 saturated carbocycles. The minimum absolute atomic E-state index is 0.0548. The Morgan fingerprint density at radius 2 is 1.88 bits per heavy atom. The maximum atomic E-state index is 11.9. The van der Waals surface area contributed by atoms with Crippen molar-refractivity contribution in [3.8, 4) is 0 Å². The number of carbonyl (C=O) groups is 2. The minimum Gasteiger partial charge on any atom is -0.399 e. The van der Waals surface area contributed by atoms with Crippen molar-refractivity contribution in [3.05, 3.63) is 23.8 Å². The summed E-state index contributed by atoms with van der Waals surface area (Å²) in [6.45, 7) is 2.10. The zero-order valence-corrected chi connectivity index (χ0v) is 9.93. The van der Waals surface area contributed by atoms with Crippen molar-refractivity contribution in [2.24, 2.45) is 0 Å². The molecule has 0 aliphatic carbocycles. The normalized spacial score (nSPS) is 16.6. The van der Waals surface area contributed by atoms with Gasteiger partial charge >= 0.3 is 0 Å². The van der Waals surface area contributed by atoms with E-state index in [9.17, 15) is 9.59 Å². The van der Waals surface area contributed by atoms with Crippen LogP contribution < -0.4 is 10.6 Å². The Hall–Kier alpha value is -2.04. The Kier molecular flexibility index (Phi) is 2.75.